The van der Waals surface area contributed by atoms with Gasteiger partial charge in [-0.05, 0) is 45.0 Å². The highest BCUT2D eigenvalue weighted by Crippen LogP contribution is 2.18. The van der Waals surface area contributed by atoms with Gasteiger partial charge in [-0.3, -0.25) is 14.8 Å². The van der Waals surface area contributed by atoms with E-state index in [0.29, 0.717) is 0 Å². The molecule has 0 spiro atoms. The van der Waals surface area contributed by atoms with Gasteiger partial charge in [-0.2, -0.15) is 26.3 Å². The fourth-order valence-corrected chi connectivity index (χ4v) is 4.09. The van der Waals surface area contributed by atoms with Gasteiger partial charge in [0.15, 0.2) is 0 Å². The van der Waals surface area contributed by atoms with Crippen LogP contribution in [0, 0.1) is 6.92 Å². The van der Waals surface area contributed by atoms with Gasteiger partial charge in [0, 0.05) is 51.0 Å². The maximum absolute atomic E-state index is 10.6. The quantitative estimate of drug-likeness (QED) is 0.536. The van der Waals surface area contributed by atoms with Gasteiger partial charge in [0.1, 0.15) is 5.82 Å². The molecule has 0 amide bonds. The zero-order chi connectivity index (χ0) is 29.2. The van der Waals surface area contributed by atoms with Gasteiger partial charge in [0.05, 0.1) is 11.4 Å². The Labute approximate surface area is 221 Å². The maximum atomic E-state index is 10.6. The molecule has 15 heteroatoms. The number of aliphatic carboxylic acids is 2. The number of hydrogen-bond acceptors (Lipinski definition) is 6. The van der Waals surface area contributed by atoms with Crippen molar-refractivity contribution in [2.24, 2.45) is 0 Å². The number of carboxylic acid groups (broad SMARTS) is 2. The van der Waals surface area contributed by atoms with Crippen molar-refractivity contribution in [2.75, 3.05) is 26.2 Å². The minimum absolute atomic E-state index is 0.938. The number of carboxylic acids is 2. The third-order valence-electron chi connectivity index (χ3n) is 5.96. The average Bonchev–Trinajstić information content (AvgIpc) is 3.10. The molecule has 0 aliphatic carbocycles. The molecule has 0 unspecified atom stereocenters. The maximum Gasteiger partial charge on any atom is 0.490 e. The van der Waals surface area contributed by atoms with E-state index in [1.807, 2.05) is 0 Å². The van der Waals surface area contributed by atoms with Crippen LogP contribution in [0.3, 0.4) is 0 Å². The molecule has 2 aromatic rings. The van der Waals surface area contributed by atoms with Crippen LogP contribution in [0.4, 0.5) is 26.3 Å². The number of fused-ring (bicyclic) bond motifs is 1. The number of likely N-dealkylation sites (tertiary alicyclic amines) is 1. The molecule has 1 fully saturated rings. The van der Waals surface area contributed by atoms with Gasteiger partial charge in [-0.15, -0.1) is 0 Å². The summed E-state index contributed by atoms with van der Waals surface area (Å²) in [7, 11) is 0. The molecule has 0 saturated carbocycles. The molecule has 1 saturated heterocycles. The summed E-state index contributed by atoms with van der Waals surface area (Å²) in [5.74, 6) is -4.26. The number of piperidine rings is 1. The number of nitrogens with zero attached hydrogens (tertiary/aromatic N) is 5. The minimum atomic E-state index is -5.08. The SMILES string of the molecule is Cc1cccc(CN2CCc3ncc(CN4CCCCC4)n3CC2)n1.O=C(O)C(F)(F)F.O=C(O)C(F)(F)F. The molecule has 4 rings (SSSR count). The van der Waals surface area contributed by atoms with Crippen molar-refractivity contribution in [1.82, 2.24) is 24.3 Å². The second-order valence-corrected chi connectivity index (χ2v) is 9.06. The van der Waals surface area contributed by atoms with Crippen molar-refractivity contribution in [1.29, 1.82) is 0 Å². The predicted octanol–water partition coefficient (Wildman–Crippen LogP) is 3.90. The van der Waals surface area contributed by atoms with E-state index in [1.54, 1.807) is 0 Å². The highest BCUT2D eigenvalue weighted by Gasteiger charge is 2.38. The number of carbonyl (C=O) groups is 2. The first kappa shape index (κ1) is 32.0. The van der Waals surface area contributed by atoms with E-state index >= 15 is 0 Å². The molecule has 2 aromatic heterocycles. The average molecular weight is 568 g/mol. The summed E-state index contributed by atoms with van der Waals surface area (Å²) in [5.41, 5.74) is 3.67. The van der Waals surface area contributed by atoms with Crippen LogP contribution in [0.2, 0.25) is 0 Å². The Bertz CT molecular complexity index is 1060. The Balaban J connectivity index is 0.000000317. The first-order valence-corrected chi connectivity index (χ1v) is 12.2. The second kappa shape index (κ2) is 14.3. The first-order chi connectivity index (χ1) is 18.2. The van der Waals surface area contributed by atoms with Crippen LogP contribution in [-0.4, -0.2) is 85.0 Å². The summed E-state index contributed by atoms with van der Waals surface area (Å²) >= 11 is 0. The van der Waals surface area contributed by atoms with Gasteiger partial charge >= 0.3 is 24.3 Å². The molecule has 2 N–H and O–H groups in total. The second-order valence-electron chi connectivity index (χ2n) is 9.06. The lowest BCUT2D eigenvalue weighted by atomic mass is 10.1. The normalized spacial score (nSPS) is 16.6. The van der Waals surface area contributed by atoms with Crippen LogP contribution >= 0.6 is 0 Å². The molecule has 0 radical (unpaired) electrons. The predicted molar refractivity (Wildman–Crippen MR) is 127 cm³/mol. The zero-order valence-corrected chi connectivity index (χ0v) is 21.3. The molecule has 39 heavy (non-hydrogen) atoms. The van der Waals surface area contributed by atoms with Crippen molar-refractivity contribution >= 4 is 11.9 Å². The van der Waals surface area contributed by atoms with Crippen molar-refractivity contribution in [2.45, 2.75) is 64.6 Å². The highest BCUT2D eigenvalue weighted by atomic mass is 19.4. The summed E-state index contributed by atoms with van der Waals surface area (Å²) in [6.45, 7) is 9.73. The van der Waals surface area contributed by atoms with Gasteiger partial charge in [-0.1, -0.05) is 12.5 Å². The van der Waals surface area contributed by atoms with E-state index in [9.17, 15) is 26.3 Å². The Kier molecular flexibility index (Phi) is 11.7. The lowest BCUT2D eigenvalue weighted by Gasteiger charge is -2.26. The fourth-order valence-electron chi connectivity index (χ4n) is 4.09. The van der Waals surface area contributed by atoms with Crippen LogP contribution in [0.1, 0.15) is 42.2 Å². The number of aryl methyl sites for hydroxylation is 1. The number of hydrogen-bond donors (Lipinski definition) is 2. The van der Waals surface area contributed by atoms with E-state index < -0.39 is 24.3 Å². The lowest BCUT2D eigenvalue weighted by Crippen LogP contribution is -2.30. The van der Waals surface area contributed by atoms with Gasteiger partial charge in [-0.25, -0.2) is 14.6 Å². The highest BCUT2D eigenvalue weighted by molar-refractivity contribution is 5.73. The number of imidazole rings is 1. The smallest absolute Gasteiger partial charge is 0.475 e. The molecule has 0 bridgehead atoms. The van der Waals surface area contributed by atoms with E-state index in [4.69, 9.17) is 24.8 Å². The summed E-state index contributed by atoms with van der Waals surface area (Å²) in [4.78, 5) is 32.3. The zero-order valence-electron chi connectivity index (χ0n) is 21.3. The lowest BCUT2D eigenvalue weighted by molar-refractivity contribution is -0.193. The summed E-state index contributed by atoms with van der Waals surface area (Å²) < 4.78 is 65.9. The molecule has 218 valence electrons. The molecule has 2 aliphatic rings. The third-order valence-corrected chi connectivity index (χ3v) is 5.96. The molecule has 0 aromatic carbocycles. The van der Waals surface area contributed by atoms with Crippen LogP contribution in [0.5, 0.6) is 0 Å². The minimum Gasteiger partial charge on any atom is -0.475 e. The van der Waals surface area contributed by atoms with Crippen LogP contribution in [0.25, 0.3) is 0 Å². The van der Waals surface area contributed by atoms with E-state index in [-0.39, 0.29) is 0 Å². The number of aromatic nitrogens is 3. The Morgan fingerprint density at radius 2 is 1.41 bits per heavy atom. The van der Waals surface area contributed by atoms with Gasteiger partial charge in [0.25, 0.3) is 0 Å². The van der Waals surface area contributed by atoms with Crippen molar-refractivity contribution < 1.29 is 46.1 Å². The number of rotatable bonds is 4. The number of alkyl halides is 6. The first-order valence-electron chi connectivity index (χ1n) is 12.2. The Hall–Kier alpha value is -3.20. The topological polar surface area (TPSA) is 112 Å². The Morgan fingerprint density at radius 3 is 1.95 bits per heavy atom. The van der Waals surface area contributed by atoms with Crippen LogP contribution in [0.15, 0.2) is 24.4 Å². The third kappa shape index (κ3) is 11.2. The number of halogens is 6. The molecular formula is C24H31F6N5O4. The Morgan fingerprint density at radius 1 is 0.846 bits per heavy atom. The van der Waals surface area contributed by atoms with E-state index in [2.05, 4.69) is 50.7 Å². The van der Waals surface area contributed by atoms with Crippen LogP contribution < -0.4 is 0 Å². The monoisotopic (exact) mass is 567 g/mol. The molecule has 4 heterocycles. The number of pyridine rings is 1. The molecule has 2 aliphatic heterocycles. The summed E-state index contributed by atoms with van der Waals surface area (Å²) in [6, 6.07) is 6.31. The fraction of sp³-hybridized carbons (Fsp3) is 0.583. The van der Waals surface area contributed by atoms with Crippen LogP contribution in [-0.2, 0) is 35.6 Å². The van der Waals surface area contributed by atoms with Crippen molar-refractivity contribution in [3.63, 3.8) is 0 Å². The van der Waals surface area contributed by atoms with Gasteiger partial charge in [0.2, 0.25) is 0 Å². The molecule has 9 nitrogen and oxygen atoms in total. The summed E-state index contributed by atoms with van der Waals surface area (Å²) in [5, 5.41) is 14.2. The molecule has 0 atom stereocenters. The van der Waals surface area contributed by atoms with E-state index in [0.717, 1.165) is 44.8 Å². The largest absolute Gasteiger partial charge is 0.490 e. The van der Waals surface area contributed by atoms with Crippen molar-refractivity contribution in [3.8, 4) is 0 Å². The van der Waals surface area contributed by atoms with Crippen molar-refractivity contribution in [3.05, 3.63) is 47.3 Å². The standard InChI is InChI=1S/C20H29N5.2C2HF3O2/c1-17-6-5-7-18(22-17)15-24-11-8-20-21-14-19(25(20)13-12-24)16-23-9-3-2-4-10-23;2*3-2(4,5)1(6)7/h5-7,14H,2-4,8-13,15-16H2,1H3;2*(H,6,7). The molecular weight excluding hydrogens is 536 g/mol. The van der Waals surface area contributed by atoms with Gasteiger partial charge < -0.3 is 14.8 Å². The van der Waals surface area contributed by atoms with E-state index in [1.165, 1.54) is 49.6 Å². The summed E-state index contributed by atoms with van der Waals surface area (Å²) in [6.07, 6.45) is -2.94.